The number of carbonyl (C=O) groups excluding carboxylic acids is 2. The SMILES string of the molecule is COc1cc2[nH]nc(C(=O)Nc3cccc(C#C[C@]4(O)CCN(C)C4=O)c3)c2cn1. The molecule has 1 aliphatic rings. The number of likely N-dealkylation sites (N-methyl/N-ethyl adjacent to an activating group) is 1. The van der Waals surface area contributed by atoms with E-state index in [9.17, 15) is 14.7 Å². The van der Waals surface area contributed by atoms with Gasteiger partial charge in [0.1, 0.15) is 0 Å². The van der Waals surface area contributed by atoms with Crippen LogP contribution in [0.3, 0.4) is 0 Å². The Morgan fingerprint density at radius 3 is 2.97 bits per heavy atom. The van der Waals surface area contributed by atoms with Crippen molar-refractivity contribution in [3.63, 3.8) is 0 Å². The van der Waals surface area contributed by atoms with Crippen LogP contribution in [-0.2, 0) is 4.79 Å². The van der Waals surface area contributed by atoms with Gasteiger partial charge in [0.05, 0.1) is 18.0 Å². The molecule has 2 aromatic heterocycles. The van der Waals surface area contributed by atoms with Gasteiger partial charge in [-0.05, 0) is 18.2 Å². The second-order valence-corrected chi connectivity index (χ2v) is 6.97. The quantitative estimate of drug-likeness (QED) is 0.563. The third-order valence-corrected chi connectivity index (χ3v) is 4.89. The van der Waals surface area contributed by atoms with Crippen LogP contribution in [0.2, 0.25) is 0 Å². The molecule has 0 bridgehead atoms. The molecule has 30 heavy (non-hydrogen) atoms. The van der Waals surface area contributed by atoms with E-state index in [1.54, 1.807) is 37.4 Å². The number of rotatable bonds is 3. The largest absolute Gasteiger partial charge is 0.481 e. The lowest BCUT2D eigenvalue weighted by molar-refractivity contribution is -0.137. The zero-order valence-corrected chi connectivity index (χ0v) is 16.4. The molecule has 0 aliphatic carbocycles. The number of aliphatic hydroxyl groups is 1. The number of fused-ring (bicyclic) bond motifs is 1. The molecule has 2 amide bonds. The molecule has 3 heterocycles. The van der Waals surface area contributed by atoms with Gasteiger partial charge < -0.3 is 20.1 Å². The molecule has 0 spiro atoms. The molecular formula is C21H19N5O4. The van der Waals surface area contributed by atoms with E-state index < -0.39 is 17.4 Å². The number of methoxy groups -OCH3 is 1. The fourth-order valence-electron chi connectivity index (χ4n) is 3.19. The predicted molar refractivity (Wildman–Crippen MR) is 109 cm³/mol. The Bertz CT molecular complexity index is 1210. The Morgan fingerprint density at radius 1 is 1.40 bits per heavy atom. The smallest absolute Gasteiger partial charge is 0.276 e. The van der Waals surface area contributed by atoms with E-state index in [0.29, 0.717) is 34.6 Å². The van der Waals surface area contributed by atoms with Gasteiger partial charge in [0.15, 0.2) is 5.69 Å². The number of H-pyrrole nitrogens is 1. The minimum absolute atomic E-state index is 0.200. The molecule has 0 radical (unpaired) electrons. The van der Waals surface area contributed by atoms with Crippen molar-refractivity contribution >= 4 is 28.4 Å². The van der Waals surface area contributed by atoms with Crippen LogP contribution in [0.1, 0.15) is 22.5 Å². The van der Waals surface area contributed by atoms with Crippen LogP contribution >= 0.6 is 0 Å². The van der Waals surface area contributed by atoms with E-state index in [-0.39, 0.29) is 12.1 Å². The first kappa shape index (κ1) is 19.4. The Balaban J connectivity index is 1.54. The summed E-state index contributed by atoms with van der Waals surface area (Å²) in [6, 6.07) is 8.48. The zero-order valence-electron chi connectivity index (χ0n) is 16.4. The van der Waals surface area contributed by atoms with Gasteiger partial charge in [-0.15, -0.1) is 0 Å². The average Bonchev–Trinajstić information content (AvgIpc) is 3.29. The van der Waals surface area contributed by atoms with Crippen LogP contribution in [0.25, 0.3) is 10.9 Å². The van der Waals surface area contributed by atoms with Crippen LogP contribution in [0.5, 0.6) is 5.88 Å². The second kappa shape index (κ2) is 7.50. The number of aromatic nitrogens is 3. The summed E-state index contributed by atoms with van der Waals surface area (Å²) in [7, 11) is 3.13. The Kier molecular flexibility index (Phi) is 4.85. The van der Waals surface area contributed by atoms with Crippen LogP contribution in [0.4, 0.5) is 5.69 Å². The minimum Gasteiger partial charge on any atom is -0.481 e. The van der Waals surface area contributed by atoms with Crippen molar-refractivity contribution < 1.29 is 19.4 Å². The number of benzene rings is 1. The topological polar surface area (TPSA) is 120 Å². The molecule has 1 fully saturated rings. The molecule has 1 atom stereocenters. The van der Waals surface area contributed by atoms with Gasteiger partial charge in [0.25, 0.3) is 11.8 Å². The summed E-state index contributed by atoms with van der Waals surface area (Å²) in [6.07, 6.45) is 1.78. The first-order chi connectivity index (χ1) is 14.4. The van der Waals surface area contributed by atoms with Gasteiger partial charge >= 0.3 is 0 Å². The van der Waals surface area contributed by atoms with Crippen molar-refractivity contribution in [1.29, 1.82) is 0 Å². The fourth-order valence-corrected chi connectivity index (χ4v) is 3.19. The summed E-state index contributed by atoms with van der Waals surface area (Å²) in [5, 5.41) is 20.6. The third-order valence-electron chi connectivity index (χ3n) is 4.89. The molecule has 4 rings (SSSR count). The lowest BCUT2D eigenvalue weighted by Crippen LogP contribution is -2.37. The van der Waals surface area contributed by atoms with E-state index in [1.165, 1.54) is 18.2 Å². The average molecular weight is 405 g/mol. The summed E-state index contributed by atoms with van der Waals surface area (Å²) in [5.74, 6) is 5.08. The lowest BCUT2D eigenvalue weighted by Gasteiger charge is -2.13. The number of anilines is 1. The molecule has 3 N–H and O–H groups in total. The third kappa shape index (κ3) is 3.56. The highest BCUT2D eigenvalue weighted by atomic mass is 16.5. The van der Waals surface area contributed by atoms with Crippen LogP contribution < -0.4 is 10.1 Å². The number of amides is 2. The van der Waals surface area contributed by atoms with Crippen LogP contribution in [-0.4, -0.2) is 63.3 Å². The number of aromatic amines is 1. The van der Waals surface area contributed by atoms with E-state index in [4.69, 9.17) is 4.74 Å². The summed E-state index contributed by atoms with van der Waals surface area (Å²) in [5.41, 5.74) is 0.223. The maximum Gasteiger partial charge on any atom is 0.276 e. The number of pyridine rings is 1. The first-order valence-electron chi connectivity index (χ1n) is 9.20. The van der Waals surface area contributed by atoms with Crippen molar-refractivity contribution in [3.05, 3.63) is 47.8 Å². The van der Waals surface area contributed by atoms with Gasteiger partial charge in [0, 0.05) is 43.5 Å². The molecule has 0 saturated carbocycles. The number of hydrogen-bond donors (Lipinski definition) is 3. The molecule has 1 saturated heterocycles. The van der Waals surface area contributed by atoms with Gasteiger partial charge in [0.2, 0.25) is 11.5 Å². The molecule has 1 aromatic carbocycles. The van der Waals surface area contributed by atoms with Crippen LogP contribution in [0.15, 0.2) is 36.5 Å². The second-order valence-electron chi connectivity index (χ2n) is 6.97. The Labute approximate surface area is 172 Å². The molecule has 0 unspecified atom stereocenters. The van der Waals surface area contributed by atoms with Crippen molar-refractivity contribution in [2.75, 3.05) is 26.0 Å². The van der Waals surface area contributed by atoms with E-state index in [0.717, 1.165) is 0 Å². The number of hydrogen-bond acceptors (Lipinski definition) is 6. The standard InChI is InChI=1S/C21H19N5O4/c1-26-9-8-21(29,20(26)28)7-6-13-4-3-5-14(10-13)23-19(27)18-15-12-22-17(30-2)11-16(15)24-25-18/h3-5,10-12,29H,8-9H2,1-2H3,(H,23,27)(H,24,25)/t21-/m0/s1. The number of nitrogens with zero attached hydrogens (tertiary/aromatic N) is 3. The molecule has 3 aromatic rings. The molecule has 152 valence electrons. The van der Waals surface area contributed by atoms with Gasteiger partial charge in [-0.1, -0.05) is 17.9 Å². The van der Waals surface area contributed by atoms with E-state index >= 15 is 0 Å². The summed E-state index contributed by atoms with van der Waals surface area (Å²) in [4.78, 5) is 30.3. The molecular weight excluding hydrogens is 386 g/mol. The Hall–Kier alpha value is -3.90. The van der Waals surface area contributed by atoms with Crippen molar-refractivity contribution in [2.24, 2.45) is 0 Å². The Morgan fingerprint density at radius 2 is 2.23 bits per heavy atom. The summed E-state index contributed by atoms with van der Waals surface area (Å²) in [6.45, 7) is 0.457. The highest BCUT2D eigenvalue weighted by molar-refractivity contribution is 6.11. The van der Waals surface area contributed by atoms with Gasteiger partial charge in [-0.25, -0.2) is 4.98 Å². The maximum atomic E-state index is 12.7. The van der Waals surface area contributed by atoms with E-state index in [1.807, 2.05) is 0 Å². The number of likely N-dealkylation sites (tertiary alicyclic amines) is 1. The van der Waals surface area contributed by atoms with Crippen LogP contribution in [0, 0.1) is 11.8 Å². The normalized spacial score (nSPS) is 18.2. The zero-order chi connectivity index (χ0) is 21.3. The number of nitrogens with one attached hydrogen (secondary N) is 2. The lowest BCUT2D eigenvalue weighted by atomic mass is 10.0. The van der Waals surface area contributed by atoms with Crippen molar-refractivity contribution in [2.45, 2.75) is 12.0 Å². The van der Waals surface area contributed by atoms with Crippen molar-refractivity contribution in [1.82, 2.24) is 20.1 Å². The molecule has 1 aliphatic heterocycles. The number of ether oxygens (including phenoxy) is 1. The van der Waals surface area contributed by atoms with E-state index in [2.05, 4.69) is 32.3 Å². The first-order valence-corrected chi connectivity index (χ1v) is 9.20. The van der Waals surface area contributed by atoms with Crippen molar-refractivity contribution in [3.8, 4) is 17.7 Å². The molecule has 9 heteroatoms. The summed E-state index contributed by atoms with van der Waals surface area (Å²) < 4.78 is 5.07. The number of carbonyl (C=O) groups is 2. The fraction of sp³-hybridized carbons (Fsp3) is 0.238. The molecule has 9 nitrogen and oxygen atoms in total. The monoisotopic (exact) mass is 405 g/mol. The highest BCUT2D eigenvalue weighted by Crippen LogP contribution is 2.22. The van der Waals surface area contributed by atoms with Gasteiger partial charge in [-0.2, -0.15) is 5.10 Å². The minimum atomic E-state index is -1.67. The van der Waals surface area contributed by atoms with Gasteiger partial charge in [-0.3, -0.25) is 14.7 Å². The highest BCUT2D eigenvalue weighted by Gasteiger charge is 2.42. The predicted octanol–water partition coefficient (Wildman–Crippen LogP) is 1.16. The summed E-state index contributed by atoms with van der Waals surface area (Å²) >= 11 is 0. The maximum absolute atomic E-state index is 12.7.